The summed E-state index contributed by atoms with van der Waals surface area (Å²) in [4.78, 5) is 25.5. The number of methoxy groups -OCH3 is 1. The molecular weight excluding hydrogens is 373 g/mol. The summed E-state index contributed by atoms with van der Waals surface area (Å²) in [5.41, 5.74) is -0.121. The molecule has 24 heavy (non-hydrogen) atoms. The summed E-state index contributed by atoms with van der Waals surface area (Å²) in [6.07, 6.45) is 0.0314. The van der Waals surface area contributed by atoms with Crippen LogP contribution in [0.5, 0.6) is 0 Å². The van der Waals surface area contributed by atoms with Crippen LogP contribution >= 0.6 is 35.0 Å². The second kappa shape index (κ2) is 6.41. The van der Waals surface area contributed by atoms with E-state index in [1.165, 1.54) is 18.9 Å². The van der Waals surface area contributed by atoms with Gasteiger partial charge in [-0.3, -0.25) is 9.59 Å². The summed E-state index contributed by atoms with van der Waals surface area (Å²) in [7, 11) is 1.50. The molecule has 1 N–H and O–H groups in total. The zero-order chi connectivity index (χ0) is 17.6. The van der Waals surface area contributed by atoms with Crippen LogP contribution in [0.1, 0.15) is 12.5 Å². The Hall–Kier alpha value is -0.950. The summed E-state index contributed by atoms with van der Waals surface area (Å²) in [5.74, 6) is -1.05. The van der Waals surface area contributed by atoms with Crippen molar-refractivity contribution in [3.05, 3.63) is 33.8 Å². The van der Waals surface area contributed by atoms with E-state index in [9.17, 15) is 14.7 Å². The van der Waals surface area contributed by atoms with E-state index in [0.717, 1.165) is 5.56 Å². The number of fused-ring (bicyclic) bond motifs is 1. The van der Waals surface area contributed by atoms with Gasteiger partial charge in [-0.25, -0.2) is 0 Å². The molecule has 0 saturated carbocycles. The molecule has 130 valence electrons. The highest BCUT2D eigenvalue weighted by Gasteiger charge is 2.59. The zero-order valence-electron chi connectivity index (χ0n) is 13.2. The van der Waals surface area contributed by atoms with Gasteiger partial charge in [0, 0.05) is 18.9 Å². The number of carboxylic acid groups (broad SMARTS) is 1. The highest BCUT2D eigenvalue weighted by atomic mass is 35.5. The van der Waals surface area contributed by atoms with Gasteiger partial charge in [0.25, 0.3) is 5.91 Å². The molecule has 8 heteroatoms. The highest BCUT2D eigenvalue weighted by Crippen LogP contribution is 2.48. The van der Waals surface area contributed by atoms with Crippen LogP contribution < -0.4 is 0 Å². The molecule has 2 fully saturated rings. The van der Waals surface area contributed by atoms with Gasteiger partial charge in [0.05, 0.1) is 15.5 Å². The van der Waals surface area contributed by atoms with Gasteiger partial charge in [-0.2, -0.15) is 0 Å². The molecule has 2 aliphatic heterocycles. The fourth-order valence-electron chi connectivity index (χ4n) is 3.16. The number of ether oxygens (including phenoxy) is 1. The monoisotopic (exact) mass is 389 g/mol. The first-order valence-electron chi connectivity index (χ1n) is 7.44. The van der Waals surface area contributed by atoms with Gasteiger partial charge in [0.15, 0.2) is 6.10 Å². The molecular formula is C16H17Cl2NO4S. The Bertz CT molecular complexity index is 701. The van der Waals surface area contributed by atoms with Gasteiger partial charge in [0.1, 0.15) is 5.37 Å². The van der Waals surface area contributed by atoms with Crippen molar-refractivity contribution >= 4 is 46.8 Å². The fraction of sp³-hybridized carbons (Fsp3) is 0.500. The largest absolute Gasteiger partial charge is 0.481 e. The molecule has 0 spiro atoms. The Labute approximate surface area is 154 Å². The number of carboxylic acids is 1. The van der Waals surface area contributed by atoms with E-state index in [2.05, 4.69) is 0 Å². The minimum absolute atomic E-state index is 0.136. The maximum absolute atomic E-state index is 12.0. The molecule has 2 unspecified atom stereocenters. The minimum atomic E-state index is -1.04. The van der Waals surface area contributed by atoms with Crippen LogP contribution in [0.3, 0.4) is 0 Å². The molecule has 2 saturated heterocycles. The SMILES string of the molecule is CO[C@H]1C(=O)N2CC(C)(C(=O)O)C(Cc3ccc(Cl)c(Cl)c3)S[C@H]12. The summed E-state index contributed by atoms with van der Waals surface area (Å²) >= 11 is 13.5. The van der Waals surface area contributed by atoms with Gasteiger partial charge < -0.3 is 14.7 Å². The van der Waals surface area contributed by atoms with E-state index in [4.69, 9.17) is 27.9 Å². The number of hydrogen-bond acceptors (Lipinski definition) is 4. The number of halogens is 2. The van der Waals surface area contributed by atoms with E-state index in [-0.39, 0.29) is 23.1 Å². The lowest BCUT2D eigenvalue weighted by Gasteiger charge is -2.55. The standard InChI is InChI=1S/C16H17Cl2NO4S/c1-16(15(21)22)7-19-13(20)12(23-2)14(19)24-11(16)6-8-3-4-9(17)10(18)5-8/h3-5,11-12,14H,6-7H2,1-2H3,(H,21,22)/t11?,12-,14+,16?/m0/s1. The van der Waals surface area contributed by atoms with Crippen LogP contribution in [-0.4, -0.2) is 52.3 Å². The molecule has 0 aliphatic carbocycles. The lowest BCUT2D eigenvalue weighted by molar-refractivity contribution is -0.170. The number of rotatable bonds is 4. The Morgan fingerprint density at radius 1 is 1.46 bits per heavy atom. The topological polar surface area (TPSA) is 66.8 Å². The van der Waals surface area contributed by atoms with Crippen molar-refractivity contribution in [1.82, 2.24) is 4.90 Å². The summed E-state index contributed by atoms with van der Waals surface area (Å²) in [6.45, 7) is 1.87. The third-order valence-corrected chi connectivity index (χ3v) is 7.29. The van der Waals surface area contributed by atoms with Crippen molar-refractivity contribution < 1.29 is 19.4 Å². The second-order valence-corrected chi connectivity index (χ2v) is 8.45. The summed E-state index contributed by atoms with van der Waals surface area (Å²) in [5, 5.41) is 10.3. The second-order valence-electron chi connectivity index (χ2n) is 6.31. The number of carbonyl (C=O) groups is 2. The number of aliphatic carboxylic acids is 1. The van der Waals surface area contributed by atoms with Gasteiger partial charge >= 0.3 is 5.97 Å². The molecule has 1 aromatic carbocycles. The van der Waals surface area contributed by atoms with Gasteiger partial charge in [-0.05, 0) is 31.0 Å². The third-order valence-electron chi connectivity index (χ3n) is 4.75. The fourth-order valence-corrected chi connectivity index (χ4v) is 5.27. The van der Waals surface area contributed by atoms with E-state index in [0.29, 0.717) is 16.5 Å². The van der Waals surface area contributed by atoms with Gasteiger partial charge in [-0.1, -0.05) is 29.3 Å². The predicted molar refractivity (Wildman–Crippen MR) is 93.6 cm³/mol. The molecule has 4 atom stereocenters. The number of β-lactam (4-membered cyclic amide) rings is 1. The number of amides is 1. The summed E-state index contributed by atoms with van der Waals surface area (Å²) in [6, 6.07) is 5.32. The maximum atomic E-state index is 12.0. The van der Waals surface area contributed by atoms with E-state index >= 15 is 0 Å². The van der Waals surface area contributed by atoms with Gasteiger partial charge in [0.2, 0.25) is 0 Å². The lowest BCUT2D eigenvalue weighted by atomic mass is 9.81. The van der Waals surface area contributed by atoms with E-state index in [1.54, 1.807) is 24.0 Å². The molecule has 0 radical (unpaired) electrons. The van der Waals surface area contributed by atoms with Crippen molar-refractivity contribution in [2.75, 3.05) is 13.7 Å². The number of benzene rings is 1. The quantitative estimate of drug-likeness (QED) is 0.801. The van der Waals surface area contributed by atoms with Crippen LogP contribution in [0.2, 0.25) is 10.0 Å². The average Bonchev–Trinajstić information content (AvgIpc) is 2.53. The van der Waals surface area contributed by atoms with Crippen LogP contribution in [0.25, 0.3) is 0 Å². The highest BCUT2D eigenvalue weighted by molar-refractivity contribution is 8.00. The maximum Gasteiger partial charge on any atom is 0.312 e. The number of thioether (sulfide) groups is 1. The number of hydrogen-bond donors (Lipinski definition) is 1. The number of nitrogens with zero attached hydrogens (tertiary/aromatic N) is 1. The first-order valence-corrected chi connectivity index (χ1v) is 9.14. The summed E-state index contributed by atoms with van der Waals surface area (Å²) < 4.78 is 5.23. The van der Waals surface area contributed by atoms with E-state index in [1.807, 2.05) is 6.07 Å². The first kappa shape index (κ1) is 17.9. The van der Waals surface area contributed by atoms with Crippen LogP contribution in [0, 0.1) is 5.41 Å². The Morgan fingerprint density at radius 2 is 2.17 bits per heavy atom. The molecule has 1 aromatic rings. The van der Waals surface area contributed by atoms with E-state index < -0.39 is 17.5 Å². The third kappa shape index (κ3) is 2.79. The molecule has 1 amide bonds. The van der Waals surface area contributed by atoms with Crippen molar-refractivity contribution in [3.8, 4) is 0 Å². The predicted octanol–water partition coefficient (Wildman–Crippen LogP) is 2.93. The van der Waals surface area contributed by atoms with Crippen LogP contribution in [-0.2, 0) is 20.7 Å². The Balaban J connectivity index is 1.86. The molecule has 0 bridgehead atoms. The van der Waals surface area contributed by atoms with Crippen molar-refractivity contribution in [3.63, 3.8) is 0 Å². The normalized spacial score (nSPS) is 32.2. The van der Waals surface area contributed by atoms with Crippen molar-refractivity contribution in [1.29, 1.82) is 0 Å². The molecule has 5 nitrogen and oxygen atoms in total. The Morgan fingerprint density at radius 3 is 2.75 bits per heavy atom. The zero-order valence-corrected chi connectivity index (χ0v) is 15.5. The molecule has 3 rings (SSSR count). The average molecular weight is 390 g/mol. The van der Waals surface area contributed by atoms with Crippen molar-refractivity contribution in [2.24, 2.45) is 5.41 Å². The molecule has 2 heterocycles. The number of carbonyl (C=O) groups excluding carboxylic acids is 1. The van der Waals surface area contributed by atoms with Crippen molar-refractivity contribution in [2.45, 2.75) is 30.1 Å². The smallest absolute Gasteiger partial charge is 0.312 e. The first-order chi connectivity index (χ1) is 11.3. The Kier molecular flexibility index (Phi) is 4.77. The molecule has 0 aromatic heterocycles. The lowest BCUT2D eigenvalue weighted by Crippen LogP contribution is -2.71. The minimum Gasteiger partial charge on any atom is -0.481 e. The molecule has 2 aliphatic rings. The van der Waals surface area contributed by atoms with Crippen LogP contribution in [0.15, 0.2) is 18.2 Å². The van der Waals surface area contributed by atoms with Gasteiger partial charge in [-0.15, -0.1) is 11.8 Å². The van der Waals surface area contributed by atoms with Crippen LogP contribution in [0.4, 0.5) is 0 Å².